The van der Waals surface area contributed by atoms with Gasteiger partial charge in [0.15, 0.2) is 0 Å². The maximum Gasteiger partial charge on any atom is 0.132 e. The molecule has 1 aromatic rings. The van der Waals surface area contributed by atoms with Crippen molar-refractivity contribution in [2.45, 2.75) is 36.8 Å². The number of hydrogen-bond donors (Lipinski definition) is 1. The molecule has 1 N–H and O–H groups in total. The summed E-state index contributed by atoms with van der Waals surface area (Å²) in [6.07, 6.45) is 2.19. The molecule has 2 heteroatoms. The molecule has 2 bridgehead atoms. The van der Waals surface area contributed by atoms with Crippen molar-refractivity contribution in [3.05, 3.63) is 23.3 Å². The van der Waals surface area contributed by atoms with Gasteiger partial charge in [-0.05, 0) is 37.0 Å². The Hall–Kier alpha value is -0.630. The second kappa shape index (κ2) is 3.26. The molecule has 0 amide bonds. The highest BCUT2D eigenvalue weighted by atomic mass is 32.2. The monoisotopic (exact) mass is 194 g/mol. The number of benzene rings is 1. The summed E-state index contributed by atoms with van der Waals surface area (Å²) < 4.78 is 0. The lowest BCUT2D eigenvalue weighted by atomic mass is 10.0. The molecule has 1 heterocycles. The van der Waals surface area contributed by atoms with E-state index in [1.165, 1.54) is 12.0 Å². The molecule has 1 aliphatic rings. The number of phenolic OH excluding ortho intramolecular Hbond substituents is 1. The molecule has 0 aliphatic carbocycles. The molecule has 1 unspecified atom stereocenters. The Balaban J connectivity index is 2.43. The van der Waals surface area contributed by atoms with Crippen molar-refractivity contribution in [1.82, 2.24) is 0 Å². The van der Waals surface area contributed by atoms with Gasteiger partial charge < -0.3 is 5.11 Å². The van der Waals surface area contributed by atoms with Gasteiger partial charge in [-0.15, -0.1) is 11.8 Å². The van der Waals surface area contributed by atoms with Crippen molar-refractivity contribution in [3.8, 4) is 5.75 Å². The highest BCUT2D eigenvalue weighted by Crippen LogP contribution is 2.42. The van der Waals surface area contributed by atoms with Crippen molar-refractivity contribution in [2.24, 2.45) is 0 Å². The second-order valence-corrected chi connectivity index (χ2v) is 4.97. The summed E-state index contributed by atoms with van der Waals surface area (Å²) in [5.41, 5.74) is 2.38. The van der Waals surface area contributed by atoms with Crippen LogP contribution in [0.5, 0.6) is 5.75 Å². The fourth-order valence-electron chi connectivity index (χ4n) is 1.76. The second-order valence-electron chi connectivity index (χ2n) is 3.62. The van der Waals surface area contributed by atoms with Crippen LogP contribution in [0.4, 0.5) is 0 Å². The Labute approximate surface area is 83.2 Å². The summed E-state index contributed by atoms with van der Waals surface area (Å²) in [6, 6.07) is 4.17. The van der Waals surface area contributed by atoms with Crippen LogP contribution in [0.15, 0.2) is 17.0 Å². The molecule has 0 fully saturated rings. The molecule has 70 valence electrons. The van der Waals surface area contributed by atoms with Crippen molar-refractivity contribution in [1.29, 1.82) is 0 Å². The Morgan fingerprint density at radius 2 is 2.31 bits per heavy atom. The van der Waals surface area contributed by atoms with Gasteiger partial charge in [-0.25, -0.2) is 0 Å². The SMILES string of the molecule is CCC1Cc2cc(C)cc(c2O)S1. The van der Waals surface area contributed by atoms with Gasteiger partial charge in [0.25, 0.3) is 0 Å². The van der Waals surface area contributed by atoms with Crippen molar-refractivity contribution in [2.75, 3.05) is 0 Å². The third-order valence-corrected chi connectivity index (χ3v) is 3.89. The topological polar surface area (TPSA) is 20.2 Å². The summed E-state index contributed by atoms with van der Waals surface area (Å²) >= 11 is 1.81. The molecule has 0 radical (unpaired) electrons. The smallest absolute Gasteiger partial charge is 0.132 e. The molecule has 1 atom stereocenters. The van der Waals surface area contributed by atoms with Gasteiger partial charge in [0.2, 0.25) is 0 Å². The minimum atomic E-state index is 0.514. The van der Waals surface area contributed by atoms with Crippen LogP contribution in [0, 0.1) is 6.92 Å². The number of hydrogen-bond acceptors (Lipinski definition) is 2. The Morgan fingerprint density at radius 1 is 1.54 bits per heavy atom. The van der Waals surface area contributed by atoms with Crippen molar-refractivity contribution >= 4 is 11.8 Å². The summed E-state index contributed by atoms with van der Waals surface area (Å²) in [6.45, 7) is 4.28. The van der Waals surface area contributed by atoms with Gasteiger partial charge in [-0.3, -0.25) is 0 Å². The number of fused-ring (bicyclic) bond motifs is 2. The van der Waals surface area contributed by atoms with E-state index in [0.717, 1.165) is 16.9 Å². The summed E-state index contributed by atoms with van der Waals surface area (Å²) in [7, 11) is 0. The van der Waals surface area contributed by atoms with Crippen LogP contribution < -0.4 is 0 Å². The van der Waals surface area contributed by atoms with Gasteiger partial charge in [0.05, 0.1) is 0 Å². The van der Waals surface area contributed by atoms with Crippen LogP contribution >= 0.6 is 11.8 Å². The average molecular weight is 194 g/mol. The van der Waals surface area contributed by atoms with Crippen LogP contribution in [0.25, 0.3) is 0 Å². The normalized spacial score (nSPS) is 20.3. The van der Waals surface area contributed by atoms with E-state index in [1.807, 2.05) is 11.8 Å². The third-order valence-electron chi connectivity index (χ3n) is 2.49. The van der Waals surface area contributed by atoms with Gasteiger partial charge in [0.1, 0.15) is 5.75 Å². The highest BCUT2D eigenvalue weighted by molar-refractivity contribution is 8.00. The predicted octanol–water partition coefficient (Wildman–Crippen LogP) is 3.13. The molecule has 0 saturated heterocycles. The van der Waals surface area contributed by atoms with E-state index >= 15 is 0 Å². The Kier molecular flexibility index (Phi) is 2.24. The first-order valence-corrected chi connectivity index (χ1v) is 5.57. The molecule has 0 saturated carbocycles. The van der Waals surface area contributed by atoms with Gasteiger partial charge in [0, 0.05) is 10.1 Å². The number of aromatic hydroxyl groups is 1. The zero-order valence-electron chi connectivity index (χ0n) is 8.00. The van der Waals surface area contributed by atoms with Crippen molar-refractivity contribution in [3.63, 3.8) is 0 Å². The zero-order valence-corrected chi connectivity index (χ0v) is 8.82. The molecular formula is C11H14OS. The molecule has 0 spiro atoms. The maximum absolute atomic E-state index is 9.77. The number of phenols is 1. The number of aryl methyl sites for hydroxylation is 1. The van der Waals surface area contributed by atoms with E-state index in [0.29, 0.717) is 11.0 Å². The summed E-state index contributed by atoms with van der Waals surface area (Å²) in [4.78, 5) is 1.06. The van der Waals surface area contributed by atoms with E-state index in [2.05, 4.69) is 26.0 Å². The third kappa shape index (κ3) is 1.55. The fourth-order valence-corrected chi connectivity index (χ4v) is 3.04. The fraction of sp³-hybridized carbons (Fsp3) is 0.455. The van der Waals surface area contributed by atoms with Crippen LogP contribution in [-0.4, -0.2) is 10.4 Å². The average Bonchev–Trinajstić information content (AvgIpc) is 2.07. The first kappa shape index (κ1) is 8.95. The van der Waals surface area contributed by atoms with Crippen LogP contribution in [0.2, 0.25) is 0 Å². The Morgan fingerprint density at radius 3 is 2.92 bits per heavy atom. The molecule has 1 nitrogen and oxygen atoms in total. The molecule has 13 heavy (non-hydrogen) atoms. The van der Waals surface area contributed by atoms with Crippen molar-refractivity contribution < 1.29 is 5.11 Å². The minimum absolute atomic E-state index is 0.514. The zero-order chi connectivity index (χ0) is 9.42. The predicted molar refractivity (Wildman–Crippen MR) is 56.5 cm³/mol. The molecule has 2 rings (SSSR count). The van der Waals surface area contributed by atoms with Gasteiger partial charge >= 0.3 is 0 Å². The standard InChI is InChI=1S/C11H14OS/c1-3-9-6-8-4-7(2)5-10(13-9)11(8)12/h4-5,9,12H,3,6H2,1-2H3. The van der Waals surface area contributed by atoms with E-state index < -0.39 is 0 Å². The Bertz CT molecular complexity index is 306. The molecular weight excluding hydrogens is 180 g/mol. The maximum atomic E-state index is 9.77. The molecule has 1 aromatic carbocycles. The molecule has 1 aliphatic heterocycles. The number of thioether (sulfide) groups is 1. The summed E-state index contributed by atoms with van der Waals surface area (Å²) in [5, 5.41) is 10.4. The minimum Gasteiger partial charge on any atom is -0.506 e. The van der Waals surface area contributed by atoms with Crippen LogP contribution in [0.1, 0.15) is 24.5 Å². The highest BCUT2D eigenvalue weighted by Gasteiger charge is 2.21. The first-order chi connectivity index (χ1) is 6.20. The van der Waals surface area contributed by atoms with E-state index in [1.54, 1.807) is 0 Å². The molecule has 0 aromatic heterocycles. The largest absolute Gasteiger partial charge is 0.506 e. The lowest BCUT2D eigenvalue weighted by molar-refractivity contribution is 0.451. The van der Waals surface area contributed by atoms with Gasteiger partial charge in [-0.1, -0.05) is 13.0 Å². The quantitative estimate of drug-likeness (QED) is 0.741. The van der Waals surface area contributed by atoms with Crippen LogP contribution in [0.3, 0.4) is 0 Å². The van der Waals surface area contributed by atoms with Crippen LogP contribution in [-0.2, 0) is 6.42 Å². The summed E-state index contributed by atoms with van der Waals surface area (Å²) in [5.74, 6) is 0.514. The lowest BCUT2D eigenvalue weighted by Gasteiger charge is -2.23. The lowest BCUT2D eigenvalue weighted by Crippen LogP contribution is -2.10. The van der Waals surface area contributed by atoms with Gasteiger partial charge in [-0.2, -0.15) is 0 Å². The van der Waals surface area contributed by atoms with E-state index in [9.17, 15) is 5.11 Å². The first-order valence-electron chi connectivity index (χ1n) is 4.70. The van der Waals surface area contributed by atoms with E-state index in [-0.39, 0.29) is 0 Å². The number of rotatable bonds is 1. The van der Waals surface area contributed by atoms with E-state index in [4.69, 9.17) is 0 Å².